The average molecular weight is 469 g/mol. The molecule has 0 fully saturated rings. The van der Waals surface area contributed by atoms with E-state index in [0.29, 0.717) is 29.4 Å². The Labute approximate surface area is 194 Å². The molecule has 0 aliphatic heterocycles. The van der Waals surface area contributed by atoms with E-state index >= 15 is 0 Å². The van der Waals surface area contributed by atoms with Crippen LogP contribution in [0.15, 0.2) is 64.5 Å². The molecule has 33 heavy (non-hydrogen) atoms. The van der Waals surface area contributed by atoms with Crippen LogP contribution >= 0.6 is 11.8 Å². The highest BCUT2D eigenvalue weighted by Gasteiger charge is 2.12. The summed E-state index contributed by atoms with van der Waals surface area (Å²) in [4.78, 5) is 43.5. The fourth-order valence-corrected chi connectivity index (χ4v) is 3.58. The summed E-state index contributed by atoms with van der Waals surface area (Å²) in [6, 6.07) is 15.8. The molecule has 3 aromatic rings. The lowest BCUT2D eigenvalue weighted by molar-refractivity contribution is -0.120. The number of nitrogens with one attached hydrogen (secondary N) is 3. The van der Waals surface area contributed by atoms with E-state index in [2.05, 4.69) is 20.6 Å². The SMILES string of the molecule is COc1ccc(NC(=O)CSc2nc(CC(=O)NCc3ccccc3)cc(=O)[nH]2)c(OC)c1. The monoisotopic (exact) mass is 468 g/mol. The fourth-order valence-electron chi connectivity index (χ4n) is 2.89. The van der Waals surface area contributed by atoms with E-state index in [1.54, 1.807) is 25.3 Å². The van der Waals surface area contributed by atoms with Gasteiger partial charge in [0.15, 0.2) is 5.16 Å². The molecule has 10 heteroatoms. The van der Waals surface area contributed by atoms with Crippen molar-refractivity contribution in [3.63, 3.8) is 0 Å². The van der Waals surface area contributed by atoms with Gasteiger partial charge in [0.2, 0.25) is 11.8 Å². The van der Waals surface area contributed by atoms with Gasteiger partial charge in [0.05, 0.1) is 37.8 Å². The minimum absolute atomic E-state index is 0.00177. The van der Waals surface area contributed by atoms with Crippen LogP contribution in [-0.2, 0) is 22.6 Å². The van der Waals surface area contributed by atoms with Crippen LogP contribution in [-0.4, -0.2) is 41.8 Å². The molecule has 3 rings (SSSR count). The predicted molar refractivity (Wildman–Crippen MR) is 126 cm³/mol. The van der Waals surface area contributed by atoms with Crippen LogP contribution in [0.1, 0.15) is 11.3 Å². The zero-order chi connectivity index (χ0) is 23.6. The zero-order valence-corrected chi connectivity index (χ0v) is 19.0. The Morgan fingerprint density at radius 2 is 1.82 bits per heavy atom. The van der Waals surface area contributed by atoms with Gasteiger partial charge in [0.25, 0.3) is 5.56 Å². The number of carbonyl (C=O) groups excluding carboxylic acids is 2. The maximum Gasteiger partial charge on any atom is 0.251 e. The molecule has 1 aromatic heterocycles. The number of aromatic nitrogens is 2. The summed E-state index contributed by atoms with van der Waals surface area (Å²) in [5.41, 5.74) is 1.40. The number of rotatable bonds is 10. The average Bonchev–Trinajstić information content (AvgIpc) is 2.82. The van der Waals surface area contributed by atoms with Gasteiger partial charge in [-0.2, -0.15) is 0 Å². The summed E-state index contributed by atoms with van der Waals surface area (Å²) >= 11 is 1.06. The highest BCUT2D eigenvalue weighted by atomic mass is 32.2. The van der Waals surface area contributed by atoms with Gasteiger partial charge < -0.3 is 25.1 Å². The second-order valence-electron chi connectivity index (χ2n) is 6.88. The molecular formula is C23H24N4O5S. The van der Waals surface area contributed by atoms with Crippen molar-refractivity contribution in [2.24, 2.45) is 0 Å². The summed E-state index contributed by atoms with van der Waals surface area (Å²) in [6.07, 6.45) is -0.0421. The lowest BCUT2D eigenvalue weighted by Gasteiger charge is -2.11. The summed E-state index contributed by atoms with van der Waals surface area (Å²) in [6.45, 7) is 0.388. The van der Waals surface area contributed by atoms with E-state index in [9.17, 15) is 14.4 Å². The molecule has 0 aliphatic rings. The number of carbonyl (C=O) groups is 2. The van der Waals surface area contributed by atoms with E-state index in [1.807, 2.05) is 30.3 Å². The molecule has 0 spiro atoms. The lowest BCUT2D eigenvalue weighted by Crippen LogP contribution is -2.26. The largest absolute Gasteiger partial charge is 0.497 e. The number of ether oxygens (including phenoxy) is 2. The number of thioether (sulfide) groups is 1. The van der Waals surface area contributed by atoms with Gasteiger partial charge in [-0.3, -0.25) is 14.4 Å². The molecule has 2 amide bonds. The zero-order valence-electron chi connectivity index (χ0n) is 18.2. The number of methoxy groups -OCH3 is 2. The summed E-state index contributed by atoms with van der Waals surface area (Å²) in [5, 5.41) is 5.81. The van der Waals surface area contributed by atoms with Gasteiger partial charge in [-0.15, -0.1) is 0 Å². The number of amides is 2. The van der Waals surface area contributed by atoms with Crippen LogP contribution in [0.2, 0.25) is 0 Å². The third-order valence-electron chi connectivity index (χ3n) is 4.47. The summed E-state index contributed by atoms with van der Waals surface area (Å²) in [5.74, 6) is 0.504. The predicted octanol–water partition coefficient (Wildman–Crippen LogP) is 2.38. The highest BCUT2D eigenvalue weighted by Crippen LogP contribution is 2.29. The first-order chi connectivity index (χ1) is 16.0. The molecule has 0 unspecified atom stereocenters. The molecule has 0 saturated carbocycles. The molecule has 172 valence electrons. The second-order valence-corrected chi connectivity index (χ2v) is 7.85. The fraction of sp³-hybridized carbons (Fsp3) is 0.217. The Balaban J connectivity index is 1.55. The van der Waals surface area contributed by atoms with Crippen molar-refractivity contribution < 1.29 is 19.1 Å². The third kappa shape index (κ3) is 7.39. The molecule has 3 N–H and O–H groups in total. The Hall–Kier alpha value is -3.79. The number of H-pyrrole nitrogens is 1. The van der Waals surface area contributed by atoms with Crippen molar-refractivity contribution in [3.8, 4) is 11.5 Å². The lowest BCUT2D eigenvalue weighted by atomic mass is 10.2. The van der Waals surface area contributed by atoms with Crippen molar-refractivity contribution in [1.29, 1.82) is 0 Å². The number of benzene rings is 2. The molecule has 9 nitrogen and oxygen atoms in total. The van der Waals surface area contributed by atoms with Gasteiger partial charge in [0, 0.05) is 18.7 Å². The molecule has 2 aromatic carbocycles. The summed E-state index contributed by atoms with van der Waals surface area (Å²) in [7, 11) is 3.04. The van der Waals surface area contributed by atoms with Crippen LogP contribution in [0.4, 0.5) is 5.69 Å². The van der Waals surface area contributed by atoms with E-state index in [-0.39, 0.29) is 29.1 Å². The van der Waals surface area contributed by atoms with Crippen LogP contribution in [0.5, 0.6) is 11.5 Å². The maximum atomic E-state index is 12.4. The number of hydrogen-bond acceptors (Lipinski definition) is 7. The van der Waals surface area contributed by atoms with Crippen LogP contribution in [0, 0.1) is 0 Å². The van der Waals surface area contributed by atoms with Gasteiger partial charge in [0.1, 0.15) is 11.5 Å². The van der Waals surface area contributed by atoms with Crippen molar-refractivity contribution in [3.05, 3.63) is 76.2 Å². The Bertz CT molecular complexity index is 1170. The minimum Gasteiger partial charge on any atom is -0.497 e. The maximum absolute atomic E-state index is 12.4. The topological polar surface area (TPSA) is 122 Å². The van der Waals surface area contributed by atoms with E-state index in [0.717, 1.165) is 17.3 Å². The Morgan fingerprint density at radius 3 is 2.55 bits per heavy atom. The molecule has 0 saturated heterocycles. The van der Waals surface area contributed by atoms with Crippen molar-refractivity contribution >= 4 is 29.3 Å². The molecule has 0 bridgehead atoms. The molecule has 1 heterocycles. The van der Waals surface area contributed by atoms with Gasteiger partial charge in [-0.25, -0.2) is 4.98 Å². The quantitative estimate of drug-likeness (QED) is 0.308. The van der Waals surface area contributed by atoms with Gasteiger partial charge in [-0.1, -0.05) is 42.1 Å². The smallest absolute Gasteiger partial charge is 0.251 e. The first kappa shape index (κ1) is 23.9. The number of anilines is 1. The Morgan fingerprint density at radius 1 is 1.03 bits per heavy atom. The molecule has 0 radical (unpaired) electrons. The van der Waals surface area contributed by atoms with Gasteiger partial charge in [-0.05, 0) is 17.7 Å². The van der Waals surface area contributed by atoms with Crippen LogP contribution in [0.25, 0.3) is 0 Å². The van der Waals surface area contributed by atoms with Crippen molar-refractivity contribution in [1.82, 2.24) is 15.3 Å². The second kappa shape index (κ2) is 11.7. The third-order valence-corrected chi connectivity index (χ3v) is 5.34. The Kier molecular flexibility index (Phi) is 8.48. The van der Waals surface area contributed by atoms with E-state index < -0.39 is 5.56 Å². The first-order valence-corrected chi connectivity index (χ1v) is 11.0. The van der Waals surface area contributed by atoms with E-state index in [4.69, 9.17) is 9.47 Å². The summed E-state index contributed by atoms with van der Waals surface area (Å²) < 4.78 is 10.4. The standard InChI is InChI=1S/C23H24N4O5S/c1-31-17-8-9-18(19(12-17)32-2)26-22(30)14-33-23-25-16(11-21(29)27-23)10-20(28)24-13-15-6-4-3-5-7-15/h3-9,11-12H,10,13-14H2,1-2H3,(H,24,28)(H,26,30)(H,25,27,29). The first-order valence-electron chi connectivity index (χ1n) is 10.0. The van der Waals surface area contributed by atoms with Crippen molar-refractivity contribution in [2.45, 2.75) is 18.1 Å². The highest BCUT2D eigenvalue weighted by molar-refractivity contribution is 7.99. The van der Waals surface area contributed by atoms with Crippen molar-refractivity contribution in [2.75, 3.05) is 25.3 Å². The molecule has 0 atom stereocenters. The van der Waals surface area contributed by atoms with E-state index in [1.165, 1.54) is 13.2 Å². The molecular weight excluding hydrogens is 444 g/mol. The molecule has 0 aliphatic carbocycles. The van der Waals surface area contributed by atoms with Crippen LogP contribution < -0.4 is 25.7 Å². The minimum atomic E-state index is -0.393. The van der Waals surface area contributed by atoms with Crippen LogP contribution in [0.3, 0.4) is 0 Å². The number of hydrogen-bond donors (Lipinski definition) is 3. The number of nitrogens with zero attached hydrogens (tertiary/aromatic N) is 1. The number of aromatic amines is 1. The van der Waals surface area contributed by atoms with Gasteiger partial charge >= 0.3 is 0 Å². The normalized spacial score (nSPS) is 10.4.